The molecule has 1 nitrogen and oxygen atoms in total. The van der Waals surface area contributed by atoms with Gasteiger partial charge in [0.05, 0.1) is 6.61 Å². The summed E-state index contributed by atoms with van der Waals surface area (Å²) in [4.78, 5) is 0. The van der Waals surface area contributed by atoms with E-state index in [1.165, 1.54) is 33.5 Å². The molecule has 0 bridgehead atoms. The van der Waals surface area contributed by atoms with Gasteiger partial charge in [0.25, 0.3) is 0 Å². The molecule has 0 aromatic heterocycles. The van der Waals surface area contributed by atoms with Crippen molar-refractivity contribution >= 4 is 27.7 Å². The van der Waals surface area contributed by atoms with E-state index in [0.717, 1.165) is 18.3 Å². The smallest absolute Gasteiger partial charge is 0.119 e. The van der Waals surface area contributed by atoms with Gasteiger partial charge in [0.1, 0.15) is 5.75 Å². The Balaban J connectivity index is 1.98. The first kappa shape index (κ1) is 12.3. The lowest BCUT2D eigenvalue weighted by molar-refractivity contribution is 0.263. The molecule has 1 aliphatic rings. The molecule has 1 atom stereocenters. The largest absolute Gasteiger partial charge is 0.493 e. The zero-order valence-corrected chi connectivity index (χ0v) is 12.2. The average molecular weight is 301 g/mol. The zero-order chi connectivity index (χ0) is 11.5. The number of ether oxygens (including phenoxy) is 1. The van der Waals surface area contributed by atoms with E-state index in [-0.39, 0.29) is 0 Å². The van der Waals surface area contributed by atoms with Crippen LogP contribution in [0.5, 0.6) is 5.75 Å². The lowest BCUT2D eigenvalue weighted by Crippen LogP contribution is -2.11. The summed E-state index contributed by atoms with van der Waals surface area (Å²) in [7, 11) is 0. The van der Waals surface area contributed by atoms with Crippen LogP contribution in [0.25, 0.3) is 0 Å². The molecule has 0 saturated carbocycles. The molecule has 88 valence electrons. The monoisotopic (exact) mass is 300 g/mol. The predicted octanol–water partition coefficient (Wildman–Crippen LogP) is 4.20. The van der Waals surface area contributed by atoms with Crippen LogP contribution in [0.4, 0.5) is 0 Å². The summed E-state index contributed by atoms with van der Waals surface area (Å²) >= 11 is 5.61. The van der Waals surface area contributed by atoms with Crippen molar-refractivity contribution in [2.75, 3.05) is 18.1 Å². The highest BCUT2D eigenvalue weighted by molar-refractivity contribution is 9.10. The van der Waals surface area contributed by atoms with Gasteiger partial charge < -0.3 is 4.74 Å². The minimum absolute atomic E-state index is 0.745. The molecule has 16 heavy (non-hydrogen) atoms. The van der Waals surface area contributed by atoms with Gasteiger partial charge in [-0.15, -0.1) is 0 Å². The topological polar surface area (TPSA) is 9.23 Å². The molecular weight excluding hydrogens is 284 g/mol. The van der Waals surface area contributed by atoms with Gasteiger partial charge in [-0.05, 0) is 55.0 Å². The predicted molar refractivity (Wildman–Crippen MR) is 74.5 cm³/mol. The summed E-state index contributed by atoms with van der Waals surface area (Å²) in [5.74, 6) is 4.31. The Morgan fingerprint density at radius 2 is 2.06 bits per heavy atom. The maximum atomic E-state index is 5.87. The molecule has 1 heterocycles. The van der Waals surface area contributed by atoms with E-state index < -0.39 is 0 Å². The second kappa shape index (κ2) is 5.46. The fourth-order valence-corrected chi connectivity index (χ4v) is 3.41. The summed E-state index contributed by atoms with van der Waals surface area (Å²) in [6, 6.07) is 4.22. The Kier molecular flexibility index (Phi) is 4.20. The first-order valence-corrected chi connectivity index (χ1v) is 7.59. The maximum Gasteiger partial charge on any atom is 0.119 e. The highest BCUT2D eigenvalue weighted by Gasteiger charge is 2.16. The first-order chi connectivity index (χ1) is 7.66. The number of rotatable bonds is 3. The van der Waals surface area contributed by atoms with Gasteiger partial charge in [-0.1, -0.05) is 15.9 Å². The maximum absolute atomic E-state index is 5.87. The van der Waals surface area contributed by atoms with Crippen molar-refractivity contribution in [3.8, 4) is 5.75 Å². The van der Waals surface area contributed by atoms with Crippen molar-refractivity contribution in [3.63, 3.8) is 0 Å². The lowest BCUT2D eigenvalue weighted by Gasteiger charge is -2.13. The third-order valence-corrected chi connectivity index (χ3v) is 5.40. The number of aryl methyl sites for hydroxylation is 2. The molecule has 0 aliphatic carbocycles. The molecule has 1 fully saturated rings. The van der Waals surface area contributed by atoms with Gasteiger partial charge in [0.2, 0.25) is 0 Å². The Bertz CT molecular complexity index is 349. The average Bonchev–Trinajstić information content (AvgIpc) is 2.75. The second-order valence-corrected chi connectivity index (χ2v) is 6.35. The highest BCUT2D eigenvalue weighted by atomic mass is 79.9. The Hall–Kier alpha value is -0.150. The summed E-state index contributed by atoms with van der Waals surface area (Å²) in [5.41, 5.74) is 2.49. The minimum Gasteiger partial charge on any atom is -0.493 e. The summed E-state index contributed by atoms with van der Waals surface area (Å²) in [6.45, 7) is 5.08. The second-order valence-electron chi connectivity index (χ2n) is 4.41. The van der Waals surface area contributed by atoms with E-state index in [9.17, 15) is 0 Å². The molecular formula is C13H17BrOS. The van der Waals surface area contributed by atoms with Crippen LogP contribution in [0.15, 0.2) is 16.6 Å². The number of halogens is 1. The van der Waals surface area contributed by atoms with Crippen LogP contribution in [-0.2, 0) is 0 Å². The van der Waals surface area contributed by atoms with Crippen molar-refractivity contribution < 1.29 is 4.74 Å². The number of hydrogen-bond donors (Lipinski definition) is 0. The van der Waals surface area contributed by atoms with E-state index in [2.05, 4.69) is 41.9 Å². The normalized spacial score (nSPS) is 20.1. The van der Waals surface area contributed by atoms with E-state index in [1.807, 2.05) is 11.8 Å². The standard InChI is InChI=1S/C13H17BrOS/c1-9-5-12(6-10(2)13(9)14)15-7-11-3-4-16-8-11/h5-6,11H,3-4,7-8H2,1-2H3/t11-/m0/s1. The molecule has 1 saturated heterocycles. The van der Waals surface area contributed by atoms with Crippen molar-refractivity contribution in [1.29, 1.82) is 0 Å². The third kappa shape index (κ3) is 2.95. The molecule has 0 unspecified atom stereocenters. The molecule has 0 spiro atoms. The fraction of sp³-hybridized carbons (Fsp3) is 0.538. The fourth-order valence-electron chi connectivity index (χ4n) is 1.92. The summed E-state index contributed by atoms with van der Waals surface area (Å²) in [6.07, 6.45) is 1.30. The van der Waals surface area contributed by atoms with Crippen LogP contribution >= 0.6 is 27.7 Å². The molecule has 0 amide bonds. The van der Waals surface area contributed by atoms with Crippen molar-refractivity contribution in [1.82, 2.24) is 0 Å². The molecule has 2 rings (SSSR count). The third-order valence-electron chi connectivity index (χ3n) is 2.92. The van der Waals surface area contributed by atoms with Crippen molar-refractivity contribution in [3.05, 3.63) is 27.7 Å². The van der Waals surface area contributed by atoms with Crippen LogP contribution in [0.2, 0.25) is 0 Å². The SMILES string of the molecule is Cc1cc(OC[C@@H]2CCSC2)cc(C)c1Br. The zero-order valence-electron chi connectivity index (χ0n) is 9.75. The van der Waals surface area contributed by atoms with Crippen LogP contribution in [0.1, 0.15) is 17.5 Å². The van der Waals surface area contributed by atoms with Crippen molar-refractivity contribution in [2.24, 2.45) is 5.92 Å². The number of hydrogen-bond acceptors (Lipinski definition) is 2. The van der Waals surface area contributed by atoms with Crippen LogP contribution in [0.3, 0.4) is 0 Å². The number of thioether (sulfide) groups is 1. The summed E-state index contributed by atoms with van der Waals surface area (Å²) in [5, 5.41) is 0. The van der Waals surface area contributed by atoms with Gasteiger partial charge in [-0.2, -0.15) is 11.8 Å². The van der Waals surface area contributed by atoms with E-state index >= 15 is 0 Å². The Morgan fingerprint density at radius 1 is 1.38 bits per heavy atom. The molecule has 0 N–H and O–H groups in total. The van der Waals surface area contributed by atoms with E-state index in [4.69, 9.17) is 4.74 Å². The van der Waals surface area contributed by atoms with E-state index in [1.54, 1.807) is 0 Å². The van der Waals surface area contributed by atoms with Gasteiger partial charge in [-0.25, -0.2) is 0 Å². The molecule has 3 heteroatoms. The molecule has 0 radical (unpaired) electrons. The first-order valence-electron chi connectivity index (χ1n) is 5.64. The van der Waals surface area contributed by atoms with Crippen LogP contribution in [0, 0.1) is 19.8 Å². The van der Waals surface area contributed by atoms with Gasteiger partial charge >= 0.3 is 0 Å². The van der Waals surface area contributed by atoms with Gasteiger partial charge in [-0.3, -0.25) is 0 Å². The molecule has 1 aliphatic heterocycles. The lowest BCUT2D eigenvalue weighted by atomic mass is 10.1. The number of benzene rings is 1. The minimum atomic E-state index is 0.745. The highest BCUT2D eigenvalue weighted by Crippen LogP contribution is 2.28. The Morgan fingerprint density at radius 3 is 2.62 bits per heavy atom. The molecule has 1 aromatic carbocycles. The molecule has 1 aromatic rings. The van der Waals surface area contributed by atoms with Gasteiger partial charge in [0, 0.05) is 10.4 Å². The van der Waals surface area contributed by atoms with Gasteiger partial charge in [0.15, 0.2) is 0 Å². The quantitative estimate of drug-likeness (QED) is 0.827. The van der Waals surface area contributed by atoms with Crippen molar-refractivity contribution in [2.45, 2.75) is 20.3 Å². The van der Waals surface area contributed by atoms with E-state index in [0.29, 0.717) is 0 Å². The summed E-state index contributed by atoms with van der Waals surface area (Å²) < 4.78 is 7.06. The van der Waals surface area contributed by atoms with Crippen LogP contribution in [-0.4, -0.2) is 18.1 Å². The van der Waals surface area contributed by atoms with Crippen LogP contribution < -0.4 is 4.74 Å². The Labute approximate surface area is 110 Å².